The van der Waals surface area contributed by atoms with E-state index in [-0.39, 0.29) is 24.0 Å². The Morgan fingerprint density at radius 1 is 1.43 bits per heavy atom. The largest absolute Gasteiger partial charge is 0.356 e. The van der Waals surface area contributed by atoms with Crippen LogP contribution in [-0.4, -0.2) is 57.3 Å². The molecule has 0 aliphatic carbocycles. The van der Waals surface area contributed by atoms with Crippen molar-refractivity contribution in [2.75, 3.05) is 33.4 Å². The van der Waals surface area contributed by atoms with Gasteiger partial charge in [-0.1, -0.05) is 11.6 Å². The molecule has 0 bridgehead atoms. The summed E-state index contributed by atoms with van der Waals surface area (Å²) in [5.74, 6) is 0.747. The Kier molecular flexibility index (Phi) is 10.1. The quantitative estimate of drug-likeness (QED) is 0.268. The van der Waals surface area contributed by atoms with E-state index in [0.717, 1.165) is 17.9 Å². The van der Waals surface area contributed by atoms with Crippen molar-refractivity contribution in [2.24, 2.45) is 12.0 Å². The summed E-state index contributed by atoms with van der Waals surface area (Å²) in [6.45, 7) is 1.71. The minimum Gasteiger partial charge on any atom is -0.356 e. The van der Waals surface area contributed by atoms with Gasteiger partial charge in [-0.25, -0.2) is 13.1 Å². The summed E-state index contributed by atoms with van der Waals surface area (Å²) in [5, 5.41) is 3.91. The maximum atomic E-state index is 11.0. The van der Waals surface area contributed by atoms with Crippen molar-refractivity contribution in [3.8, 4) is 0 Å². The summed E-state index contributed by atoms with van der Waals surface area (Å²) in [7, 11) is 2.47. The molecule has 0 fully saturated rings. The lowest BCUT2D eigenvalue weighted by molar-refractivity contribution is 0.461. The monoisotopic (exact) mass is 477 g/mol. The molecular weight excluding hydrogens is 453 g/mol. The van der Waals surface area contributed by atoms with Gasteiger partial charge in [-0.05, 0) is 12.5 Å². The average Bonchev–Trinajstić information content (AvgIpc) is 2.70. The van der Waals surface area contributed by atoms with Crippen LogP contribution in [0.4, 0.5) is 0 Å². The van der Waals surface area contributed by atoms with Gasteiger partial charge in [0.25, 0.3) is 0 Å². The average molecular weight is 478 g/mol. The van der Waals surface area contributed by atoms with Crippen LogP contribution in [-0.2, 0) is 23.6 Å². The molecule has 0 atom stereocenters. The van der Waals surface area contributed by atoms with Gasteiger partial charge in [-0.2, -0.15) is 0 Å². The zero-order chi connectivity index (χ0) is 16.8. The van der Waals surface area contributed by atoms with Crippen LogP contribution in [0.5, 0.6) is 0 Å². The summed E-state index contributed by atoms with van der Waals surface area (Å²) >= 11 is 5.98. The van der Waals surface area contributed by atoms with E-state index >= 15 is 0 Å². The Bertz CT molecular complexity index is 618. The van der Waals surface area contributed by atoms with Crippen LogP contribution in [0.3, 0.4) is 0 Å². The number of halogens is 2. The first-order chi connectivity index (χ1) is 10.2. The SMILES string of the molecule is CN=C(NCCCNS(C)(=O)=O)N(C)Cc1cc(Cl)cn1C.I. The molecule has 23 heavy (non-hydrogen) atoms. The number of nitrogens with one attached hydrogen (secondary N) is 2. The van der Waals surface area contributed by atoms with Crippen LogP contribution in [0.2, 0.25) is 5.02 Å². The van der Waals surface area contributed by atoms with E-state index in [4.69, 9.17) is 11.6 Å². The first-order valence-electron chi connectivity index (χ1n) is 6.90. The van der Waals surface area contributed by atoms with Crippen molar-refractivity contribution in [2.45, 2.75) is 13.0 Å². The summed E-state index contributed by atoms with van der Waals surface area (Å²) in [6, 6.07) is 1.92. The number of hydrogen-bond donors (Lipinski definition) is 2. The zero-order valence-corrected chi connectivity index (χ0v) is 17.7. The van der Waals surface area contributed by atoms with Gasteiger partial charge in [-0.3, -0.25) is 4.99 Å². The second-order valence-electron chi connectivity index (χ2n) is 5.11. The lowest BCUT2D eigenvalue weighted by atomic mass is 10.4. The second kappa shape index (κ2) is 10.4. The molecule has 134 valence electrons. The van der Waals surface area contributed by atoms with Gasteiger partial charge >= 0.3 is 0 Å². The topological polar surface area (TPSA) is 78.7 Å². The normalized spacial score (nSPS) is 12.0. The maximum absolute atomic E-state index is 11.0. The third-order valence-electron chi connectivity index (χ3n) is 3.05. The molecule has 1 aromatic heterocycles. The van der Waals surface area contributed by atoms with E-state index < -0.39 is 10.0 Å². The van der Waals surface area contributed by atoms with Crippen LogP contribution in [0, 0.1) is 0 Å². The fourth-order valence-corrected chi connectivity index (χ4v) is 2.76. The number of sulfonamides is 1. The van der Waals surface area contributed by atoms with Gasteiger partial charge in [0.2, 0.25) is 10.0 Å². The summed E-state index contributed by atoms with van der Waals surface area (Å²) < 4.78 is 26.3. The lowest BCUT2D eigenvalue weighted by Gasteiger charge is -2.22. The number of hydrogen-bond acceptors (Lipinski definition) is 3. The van der Waals surface area contributed by atoms with Crippen molar-refractivity contribution in [3.05, 3.63) is 23.0 Å². The Morgan fingerprint density at radius 3 is 2.57 bits per heavy atom. The van der Waals surface area contributed by atoms with Crippen LogP contribution in [0.15, 0.2) is 17.3 Å². The van der Waals surface area contributed by atoms with Gasteiger partial charge in [0.1, 0.15) is 0 Å². The third-order valence-corrected chi connectivity index (χ3v) is 3.98. The molecule has 0 saturated heterocycles. The molecule has 0 aliphatic heterocycles. The number of aromatic nitrogens is 1. The molecule has 1 rings (SSSR count). The van der Waals surface area contributed by atoms with Gasteiger partial charge < -0.3 is 14.8 Å². The van der Waals surface area contributed by atoms with E-state index in [1.54, 1.807) is 7.05 Å². The molecule has 1 aromatic rings. The molecular formula is C13H25ClIN5O2S. The van der Waals surface area contributed by atoms with Gasteiger partial charge in [0, 0.05) is 46.1 Å². The summed E-state index contributed by atoms with van der Waals surface area (Å²) in [5.41, 5.74) is 1.08. The van der Waals surface area contributed by atoms with Gasteiger partial charge in [-0.15, -0.1) is 24.0 Å². The van der Waals surface area contributed by atoms with E-state index in [2.05, 4.69) is 15.0 Å². The smallest absolute Gasteiger partial charge is 0.208 e. The predicted molar refractivity (Wildman–Crippen MR) is 106 cm³/mol. The van der Waals surface area contributed by atoms with E-state index in [9.17, 15) is 8.42 Å². The Labute approximate surface area is 160 Å². The minimum absolute atomic E-state index is 0. The van der Waals surface area contributed by atoms with Crippen molar-refractivity contribution in [3.63, 3.8) is 0 Å². The zero-order valence-electron chi connectivity index (χ0n) is 13.8. The Hall–Kier alpha value is -0.520. The number of rotatable bonds is 7. The molecule has 0 saturated carbocycles. The molecule has 10 heteroatoms. The number of nitrogens with zero attached hydrogens (tertiary/aromatic N) is 3. The first kappa shape index (κ1) is 22.5. The first-order valence-corrected chi connectivity index (χ1v) is 9.17. The van der Waals surface area contributed by atoms with E-state index in [1.807, 2.05) is 35.8 Å². The summed E-state index contributed by atoms with van der Waals surface area (Å²) in [4.78, 5) is 6.20. The Balaban J connectivity index is 0.00000484. The molecule has 7 nitrogen and oxygen atoms in total. The highest BCUT2D eigenvalue weighted by Gasteiger charge is 2.09. The standard InChI is InChI=1S/C13H24ClN5O2S.HI/c1-15-13(16-6-5-7-17-22(4,20)21)19(3)10-12-8-11(14)9-18(12)2;/h8-9,17H,5-7,10H2,1-4H3,(H,15,16);1H. The molecule has 1 heterocycles. The van der Waals surface area contributed by atoms with Crippen molar-refractivity contribution >= 4 is 51.6 Å². The van der Waals surface area contributed by atoms with Crippen molar-refractivity contribution in [1.29, 1.82) is 0 Å². The van der Waals surface area contributed by atoms with Gasteiger partial charge in [0.05, 0.1) is 17.8 Å². The van der Waals surface area contributed by atoms with Crippen LogP contribution < -0.4 is 10.0 Å². The third kappa shape index (κ3) is 8.77. The van der Waals surface area contributed by atoms with Gasteiger partial charge in [0.15, 0.2) is 5.96 Å². The number of guanidine groups is 1. The highest BCUT2D eigenvalue weighted by Crippen LogP contribution is 2.14. The highest BCUT2D eigenvalue weighted by molar-refractivity contribution is 14.0. The molecule has 0 aromatic carbocycles. The molecule has 2 N–H and O–H groups in total. The van der Waals surface area contributed by atoms with Crippen LogP contribution in [0.1, 0.15) is 12.1 Å². The number of aryl methyl sites for hydroxylation is 1. The fraction of sp³-hybridized carbons (Fsp3) is 0.615. The van der Waals surface area contributed by atoms with Crippen LogP contribution >= 0.6 is 35.6 Å². The van der Waals surface area contributed by atoms with E-state index in [1.165, 1.54) is 0 Å². The minimum atomic E-state index is -3.12. The predicted octanol–water partition coefficient (Wildman–Crippen LogP) is 1.24. The van der Waals surface area contributed by atoms with Crippen LogP contribution in [0.25, 0.3) is 0 Å². The maximum Gasteiger partial charge on any atom is 0.208 e. The number of aliphatic imine (C=N–C) groups is 1. The highest BCUT2D eigenvalue weighted by atomic mass is 127. The lowest BCUT2D eigenvalue weighted by Crippen LogP contribution is -2.40. The summed E-state index contributed by atoms with van der Waals surface area (Å²) in [6.07, 6.45) is 3.69. The molecule has 0 unspecified atom stereocenters. The molecule has 0 spiro atoms. The second-order valence-corrected chi connectivity index (χ2v) is 7.38. The fourth-order valence-electron chi connectivity index (χ4n) is 1.97. The Morgan fingerprint density at radius 2 is 2.09 bits per heavy atom. The molecule has 0 amide bonds. The van der Waals surface area contributed by atoms with Crippen molar-refractivity contribution in [1.82, 2.24) is 19.5 Å². The molecule has 0 radical (unpaired) electrons. The molecule has 0 aliphatic rings. The van der Waals surface area contributed by atoms with E-state index in [0.29, 0.717) is 31.1 Å². The van der Waals surface area contributed by atoms with Crippen molar-refractivity contribution < 1.29 is 8.42 Å².